The minimum absolute atomic E-state index is 0.0258. The van der Waals surface area contributed by atoms with E-state index in [0.717, 1.165) is 36.8 Å². The van der Waals surface area contributed by atoms with Gasteiger partial charge in [0.15, 0.2) is 11.8 Å². The molecule has 2 bridgehead atoms. The quantitative estimate of drug-likeness (QED) is 0.176. The molecule has 15 heteroatoms. The number of rotatable bonds is 15. The Hall–Kier alpha value is -4.67. The minimum Gasteiger partial charge on any atom is -0.460 e. The van der Waals surface area contributed by atoms with Crippen molar-refractivity contribution in [2.45, 2.75) is 127 Å². The van der Waals surface area contributed by atoms with E-state index in [1.165, 1.54) is 11.0 Å². The van der Waals surface area contributed by atoms with Crippen molar-refractivity contribution in [1.82, 2.24) is 20.6 Å². The molecule has 3 heterocycles. The van der Waals surface area contributed by atoms with E-state index in [4.69, 9.17) is 23.8 Å². The number of ether oxygens (including phenoxy) is 4. The lowest BCUT2D eigenvalue weighted by Gasteiger charge is -2.48. The molecule has 6 aliphatic rings. The second-order valence-electron chi connectivity index (χ2n) is 18.3. The average molecular weight is 829 g/mol. The second-order valence-corrected chi connectivity index (χ2v) is 18.3. The summed E-state index contributed by atoms with van der Waals surface area (Å²) in [5.41, 5.74) is 0.495. The third-order valence-electron chi connectivity index (χ3n) is 12.4. The summed E-state index contributed by atoms with van der Waals surface area (Å²) < 4.78 is 25.3. The number of aliphatic hydroxyl groups excluding tert-OH is 1. The van der Waals surface area contributed by atoms with Gasteiger partial charge < -0.3 is 39.6 Å². The predicted molar refractivity (Wildman–Crippen MR) is 215 cm³/mol. The summed E-state index contributed by atoms with van der Waals surface area (Å²) in [4.78, 5) is 75.2. The van der Waals surface area contributed by atoms with E-state index in [1.54, 1.807) is 70.3 Å². The van der Waals surface area contributed by atoms with Gasteiger partial charge in [0, 0.05) is 57.0 Å². The third kappa shape index (κ3) is 8.34. The molecule has 3 aliphatic heterocycles. The van der Waals surface area contributed by atoms with Gasteiger partial charge in [-0.1, -0.05) is 36.4 Å². The number of hydroxylamine groups is 2. The number of fused-ring (bicyclic) bond motifs is 4. The Morgan fingerprint density at radius 1 is 1.00 bits per heavy atom. The number of hydrogen-bond donors (Lipinski definition) is 3. The number of likely N-dealkylation sites (N-methyl/N-ethyl adjacent to an activating group) is 1. The number of nitrogens with zero attached hydrogens (tertiary/aromatic N) is 2. The molecule has 3 amide bonds. The highest BCUT2D eigenvalue weighted by Crippen LogP contribution is 2.63. The summed E-state index contributed by atoms with van der Waals surface area (Å²) in [5.74, 6) is -2.30. The first kappa shape index (κ1) is 42.0. The molecule has 7 atom stereocenters. The third-order valence-corrected chi connectivity index (χ3v) is 12.4. The van der Waals surface area contributed by atoms with Crippen molar-refractivity contribution >= 4 is 35.7 Å². The van der Waals surface area contributed by atoms with E-state index in [-0.39, 0.29) is 56.7 Å². The molecule has 0 spiro atoms. The number of hydrogen-bond acceptors (Lipinski definition) is 12. The number of amides is 3. The van der Waals surface area contributed by atoms with Gasteiger partial charge in [-0.3, -0.25) is 28.8 Å². The van der Waals surface area contributed by atoms with Gasteiger partial charge in [-0.05, 0) is 87.8 Å². The van der Waals surface area contributed by atoms with Crippen molar-refractivity contribution in [3.05, 3.63) is 76.9 Å². The van der Waals surface area contributed by atoms with Crippen molar-refractivity contribution in [3.8, 4) is 0 Å². The SMILES string of the molecule is CN(C)C(=O)C=Cc1cccc(CN2O[C@@H]3[C@H]4OC(C5CC5)(C5CC5)O[C@H]4[C@H]4C[C@]3(C(=O)NCc3cccc(C(=O)N[C@H](CO)CCC(=O)OC(C)(C)C)c3)[C@@H]2C(=O)O4)c1. The van der Waals surface area contributed by atoms with Gasteiger partial charge in [-0.25, -0.2) is 0 Å². The zero-order valence-electron chi connectivity index (χ0n) is 34.9. The number of carbonyl (C=O) groups excluding carboxylic acids is 5. The molecule has 3 aliphatic carbocycles. The van der Waals surface area contributed by atoms with Crippen LogP contribution in [0.3, 0.4) is 0 Å². The van der Waals surface area contributed by atoms with E-state index in [9.17, 15) is 29.1 Å². The highest BCUT2D eigenvalue weighted by molar-refractivity contribution is 5.95. The molecule has 0 aromatic heterocycles. The van der Waals surface area contributed by atoms with Gasteiger partial charge in [0.2, 0.25) is 11.8 Å². The smallest absolute Gasteiger partial charge is 0.327 e. The maximum absolute atomic E-state index is 14.9. The highest BCUT2D eigenvalue weighted by atomic mass is 16.8. The molecule has 15 nitrogen and oxygen atoms in total. The van der Waals surface area contributed by atoms with Crippen molar-refractivity contribution in [1.29, 1.82) is 0 Å². The number of nitrogens with one attached hydrogen (secondary N) is 2. The van der Waals surface area contributed by atoms with Gasteiger partial charge >= 0.3 is 11.9 Å². The van der Waals surface area contributed by atoms with Crippen molar-refractivity contribution in [2.24, 2.45) is 17.3 Å². The second kappa shape index (κ2) is 16.3. The largest absolute Gasteiger partial charge is 0.460 e. The first-order valence-corrected chi connectivity index (χ1v) is 21.1. The molecular weight excluding hydrogens is 773 g/mol. The summed E-state index contributed by atoms with van der Waals surface area (Å²) in [7, 11) is 3.36. The lowest BCUT2D eigenvalue weighted by molar-refractivity contribution is -0.235. The molecule has 0 unspecified atom stereocenters. The Morgan fingerprint density at radius 3 is 2.38 bits per heavy atom. The standard InChI is InChI=1S/C45H56N4O11/c1-43(2,3)57-35(52)19-17-32(25-50)47-40(53)29-11-7-9-27(21-29)23-46-42(55)44-22-33-36-37(59-45(58-36,30-13-14-30)31-15-16-31)39(44)60-49(38(44)41(54)56-33)24-28-10-6-8-26(20-28)12-18-34(51)48(4)5/h6-12,18,20-21,30-33,36-39,50H,13-17,19,22-25H2,1-5H3,(H,46,55)(H,47,53)/t32-,33+,36-,37-,38-,39+,44-/m0/s1. The van der Waals surface area contributed by atoms with Crippen LogP contribution in [0.25, 0.3) is 6.08 Å². The Balaban J connectivity index is 1.02. The van der Waals surface area contributed by atoms with Crippen LogP contribution in [0, 0.1) is 17.3 Å². The fourth-order valence-electron chi connectivity index (χ4n) is 9.29. The lowest BCUT2D eigenvalue weighted by Crippen LogP contribution is -2.69. The maximum Gasteiger partial charge on any atom is 0.327 e. The summed E-state index contributed by atoms with van der Waals surface area (Å²) >= 11 is 0. The zero-order chi connectivity index (χ0) is 42.6. The van der Waals surface area contributed by atoms with Crippen molar-refractivity contribution < 1.29 is 52.9 Å². The fourth-order valence-corrected chi connectivity index (χ4v) is 9.29. The molecule has 3 N–H and O–H groups in total. The van der Waals surface area contributed by atoms with Crippen LogP contribution in [0.15, 0.2) is 54.6 Å². The van der Waals surface area contributed by atoms with Crippen LogP contribution in [-0.4, -0.2) is 113 Å². The van der Waals surface area contributed by atoms with E-state index in [2.05, 4.69) is 10.6 Å². The van der Waals surface area contributed by atoms with Crippen LogP contribution in [0.5, 0.6) is 0 Å². The first-order valence-electron chi connectivity index (χ1n) is 21.1. The Kier molecular flexibility index (Phi) is 11.4. The number of aliphatic hydroxyl groups is 1. The number of benzene rings is 2. The van der Waals surface area contributed by atoms with E-state index >= 15 is 0 Å². The number of esters is 2. The van der Waals surface area contributed by atoms with E-state index < -0.39 is 77.1 Å². The molecule has 3 saturated carbocycles. The molecule has 2 aromatic rings. The summed E-state index contributed by atoms with van der Waals surface area (Å²) in [6, 6.07) is 12.6. The van der Waals surface area contributed by atoms with Crippen molar-refractivity contribution in [3.63, 3.8) is 0 Å². The average Bonchev–Trinajstić information content (AvgIpc) is 4.16. The molecule has 0 radical (unpaired) electrons. The van der Waals surface area contributed by atoms with Crippen LogP contribution >= 0.6 is 0 Å². The molecule has 3 saturated heterocycles. The lowest BCUT2D eigenvalue weighted by atomic mass is 9.62. The molecule has 8 rings (SSSR count). The topological polar surface area (TPSA) is 182 Å². The Morgan fingerprint density at radius 2 is 1.70 bits per heavy atom. The highest BCUT2D eigenvalue weighted by Gasteiger charge is 2.78. The van der Waals surface area contributed by atoms with Crippen LogP contribution in [-0.2, 0) is 56.1 Å². The molecule has 322 valence electrons. The molecule has 6 fully saturated rings. The monoisotopic (exact) mass is 828 g/mol. The van der Waals surface area contributed by atoms with Gasteiger partial charge in [0.1, 0.15) is 35.4 Å². The van der Waals surface area contributed by atoms with Gasteiger partial charge in [-0.15, -0.1) is 0 Å². The summed E-state index contributed by atoms with van der Waals surface area (Å²) in [6.07, 6.45) is 4.74. The Labute approximate surface area is 350 Å². The normalized spacial score (nSPS) is 28.4. The maximum atomic E-state index is 14.9. The van der Waals surface area contributed by atoms with E-state index in [0.29, 0.717) is 11.1 Å². The fraction of sp³-hybridized carbons (Fsp3) is 0.578. The first-order chi connectivity index (χ1) is 28.6. The van der Waals surface area contributed by atoms with Gasteiger partial charge in [0.05, 0.1) is 19.2 Å². The zero-order valence-corrected chi connectivity index (χ0v) is 34.9. The minimum atomic E-state index is -1.39. The van der Waals surface area contributed by atoms with Gasteiger partial charge in [0.25, 0.3) is 5.91 Å². The molecule has 2 aromatic carbocycles. The predicted octanol–water partition coefficient (Wildman–Crippen LogP) is 3.42. The summed E-state index contributed by atoms with van der Waals surface area (Å²) in [5, 5.41) is 17.4. The van der Waals surface area contributed by atoms with Gasteiger partial charge in [-0.2, -0.15) is 5.06 Å². The Bertz CT molecular complexity index is 2030. The van der Waals surface area contributed by atoms with E-state index in [1.807, 2.05) is 24.3 Å². The molecule has 60 heavy (non-hydrogen) atoms. The van der Waals surface area contributed by atoms with Crippen molar-refractivity contribution in [2.75, 3.05) is 20.7 Å². The summed E-state index contributed by atoms with van der Waals surface area (Å²) in [6.45, 7) is 5.15. The van der Waals surface area contributed by atoms with Crippen LogP contribution in [0.1, 0.15) is 92.8 Å². The number of carbonyl (C=O) groups is 5. The van der Waals surface area contributed by atoms with Crippen LogP contribution < -0.4 is 10.6 Å². The van der Waals surface area contributed by atoms with Crippen LogP contribution in [0.4, 0.5) is 0 Å². The molecular formula is C45H56N4O11. The van der Waals surface area contributed by atoms with Crippen LogP contribution in [0.2, 0.25) is 0 Å².